The van der Waals surface area contributed by atoms with E-state index in [9.17, 15) is 4.79 Å². The average Bonchev–Trinajstić information content (AvgIpc) is 3.21. The van der Waals surface area contributed by atoms with Crippen molar-refractivity contribution in [3.8, 4) is 28.4 Å². The fraction of sp³-hybridized carbons (Fsp3) is 0.240. The molecule has 0 radical (unpaired) electrons. The minimum Gasteiger partial charge on any atom is -0.496 e. The van der Waals surface area contributed by atoms with Gasteiger partial charge in [0.05, 0.1) is 27.6 Å². The van der Waals surface area contributed by atoms with Gasteiger partial charge in [0.2, 0.25) is 5.91 Å². The Morgan fingerprint density at radius 2 is 1.87 bits per heavy atom. The summed E-state index contributed by atoms with van der Waals surface area (Å²) in [6.07, 6.45) is 4.92. The molecule has 3 rings (SSSR count). The smallest absolute Gasteiger partial charge is 0.244 e. The van der Waals surface area contributed by atoms with E-state index in [1.807, 2.05) is 38.1 Å². The van der Waals surface area contributed by atoms with Gasteiger partial charge in [0.1, 0.15) is 11.3 Å². The van der Waals surface area contributed by atoms with Gasteiger partial charge >= 0.3 is 0 Å². The fourth-order valence-corrected chi connectivity index (χ4v) is 3.60. The Balaban J connectivity index is 2.17. The number of fused-ring (bicyclic) bond motifs is 1. The number of methoxy groups -OCH3 is 3. The van der Waals surface area contributed by atoms with Crippen LogP contribution in [0, 0.1) is 6.92 Å². The average molecular weight is 421 g/mol. The van der Waals surface area contributed by atoms with E-state index in [0.717, 1.165) is 38.8 Å². The molecule has 0 spiro atoms. The van der Waals surface area contributed by atoms with Gasteiger partial charge in [-0.1, -0.05) is 12.1 Å². The van der Waals surface area contributed by atoms with Gasteiger partial charge in [0, 0.05) is 34.7 Å². The fourth-order valence-electron chi connectivity index (χ4n) is 3.60. The van der Waals surface area contributed by atoms with Crippen molar-refractivity contribution in [2.24, 2.45) is 0 Å². The van der Waals surface area contributed by atoms with E-state index in [2.05, 4.69) is 11.9 Å². The minimum absolute atomic E-state index is 0.190. The highest BCUT2D eigenvalue weighted by atomic mass is 16.5. The molecule has 31 heavy (non-hydrogen) atoms. The highest BCUT2D eigenvalue weighted by molar-refractivity contribution is 6.01. The lowest BCUT2D eigenvalue weighted by molar-refractivity contribution is -0.116. The highest BCUT2D eigenvalue weighted by Gasteiger charge is 2.19. The third-order valence-corrected chi connectivity index (χ3v) is 5.14. The van der Waals surface area contributed by atoms with E-state index in [4.69, 9.17) is 18.6 Å². The van der Waals surface area contributed by atoms with Gasteiger partial charge in [-0.15, -0.1) is 6.58 Å². The van der Waals surface area contributed by atoms with E-state index in [1.54, 1.807) is 39.7 Å². The zero-order chi connectivity index (χ0) is 22.5. The molecule has 0 atom stereocenters. The summed E-state index contributed by atoms with van der Waals surface area (Å²) in [7, 11) is 4.82. The number of aryl methyl sites for hydroxylation is 1. The van der Waals surface area contributed by atoms with Gasteiger partial charge in [-0.2, -0.15) is 0 Å². The monoisotopic (exact) mass is 421 g/mol. The van der Waals surface area contributed by atoms with Crippen LogP contribution >= 0.6 is 0 Å². The number of carbonyl (C=O) groups excluding carboxylic acids is 1. The molecule has 1 aromatic heterocycles. The first-order chi connectivity index (χ1) is 14.9. The maximum Gasteiger partial charge on any atom is 0.244 e. The summed E-state index contributed by atoms with van der Waals surface area (Å²) >= 11 is 0. The number of carbonyl (C=O) groups is 1. The molecule has 6 heteroatoms. The van der Waals surface area contributed by atoms with Crippen molar-refractivity contribution in [1.29, 1.82) is 0 Å². The normalized spacial score (nSPS) is 11.3. The number of hydrogen-bond donors (Lipinski definition) is 1. The number of allylic oxidation sites excluding steroid dienone is 1. The number of furan rings is 1. The minimum atomic E-state index is -0.190. The lowest BCUT2D eigenvalue weighted by Crippen LogP contribution is -2.20. The Kier molecular flexibility index (Phi) is 6.70. The second-order valence-corrected chi connectivity index (χ2v) is 7.04. The predicted molar refractivity (Wildman–Crippen MR) is 123 cm³/mol. The SMILES string of the molecule is C=CCNC(=O)/C=C(\C)c1cc2c(-c3ccc(OC)c(OC)c3)coc2c(C)c1OC. The van der Waals surface area contributed by atoms with Crippen LogP contribution in [0.5, 0.6) is 17.2 Å². The molecule has 1 heterocycles. The molecule has 3 aromatic rings. The van der Waals surface area contributed by atoms with E-state index in [0.29, 0.717) is 23.8 Å². The highest BCUT2D eigenvalue weighted by Crippen LogP contribution is 2.42. The van der Waals surface area contributed by atoms with E-state index < -0.39 is 0 Å². The third-order valence-electron chi connectivity index (χ3n) is 5.14. The van der Waals surface area contributed by atoms with Crippen LogP contribution in [-0.4, -0.2) is 33.8 Å². The van der Waals surface area contributed by atoms with E-state index in [-0.39, 0.29) is 5.91 Å². The standard InChI is InChI=1S/C25H27NO5/c1-7-10-26-23(27)11-15(2)18-13-19-20(14-31-25(19)16(3)24(18)30-6)17-8-9-21(28-4)22(12-17)29-5/h7-9,11-14H,1,10H2,2-6H3,(H,26,27)/b15-11+. The van der Waals surface area contributed by atoms with Gasteiger partial charge in [-0.25, -0.2) is 0 Å². The lowest BCUT2D eigenvalue weighted by Gasteiger charge is -2.13. The molecule has 0 fully saturated rings. The Morgan fingerprint density at radius 3 is 2.52 bits per heavy atom. The van der Waals surface area contributed by atoms with Crippen molar-refractivity contribution in [2.75, 3.05) is 27.9 Å². The lowest BCUT2D eigenvalue weighted by atomic mass is 9.96. The van der Waals surface area contributed by atoms with Gasteiger partial charge in [-0.3, -0.25) is 4.79 Å². The third kappa shape index (κ3) is 4.28. The number of rotatable bonds is 8. The quantitative estimate of drug-likeness (QED) is 0.403. The Bertz CT molecular complexity index is 1160. The number of hydrogen-bond acceptors (Lipinski definition) is 5. The summed E-state index contributed by atoms with van der Waals surface area (Å²) in [4.78, 5) is 12.2. The van der Waals surface area contributed by atoms with Crippen LogP contribution < -0.4 is 19.5 Å². The first-order valence-corrected chi connectivity index (χ1v) is 9.83. The molecule has 1 amide bonds. The van der Waals surface area contributed by atoms with Gasteiger partial charge in [0.15, 0.2) is 11.5 Å². The van der Waals surface area contributed by atoms with Gasteiger partial charge < -0.3 is 23.9 Å². The molecule has 1 N–H and O–H groups in total. The van der Waals surface area contributed by atoms with Crippen LogP contribution in [0.4, 0.5) is 0 Å². The van der Waals surface area contributed by atoms with Crippen LogP contribution in [0.3, 0.4) is 0 Å². The summed E-state index contributed by atoms with van der Waals surface area (Å²) in [5.41, 5.74) is 5.03. The molecule has 0 bridgehead atoms. The summed E-state index contributed by atoms with van der Waals surface area (Å²) in [5.74, 6) is 1.77. The first kappa shape index (κ1) is 22.0. The molecular formula is C25H27NO5. The topological polar surface area (TPSA) is 69.9 Å². The zero-order valence-electron chi connectivity index (χ0n) is 18.5. The molecule has 6 nitrogen and oxygen atoms in total. The molecule has 0 aliphatic rings. The largest absolute Gasteiger partial charge is 0.496 e. The van der Waals surface area contributed by atoms with E-state index in [1.165, 1.54) is 0 Å². The number of amides is 1. The number of ether oxygens (including phenoxy) is 3. The maximum atomic E-state index is 12.2. The summed E-state index contributed by atoms with van der Waals surface area (Å²) in [6.45, 7) is 7.85. The Morgan fingerprint density at radius 1 is 1.13 bits per heavy atom. The summed E-state index contributed by atoms with van der Waals surface area (Å²) in [5, 5.41) is 3.68. The molecule has 0 unspecified atom stereocenters. The second-order valence-electron chi connectivity index (χ2n) is 7.04. The van der Waals surface area contributed by atoms with Crippen molar-refractivity contribution >= 4 is 22.4 Å². The van der Waals surface area contributed by atoms with Crippen molar-refractivity contribution in [2.45, 2.75) is 13.8 Å². The molecule has 0 aliphatic heterocycles. The van der Waals surface area contributed by atoms with Crippen molar-refractivity contribution in [3.05, 3.63) is 60.4 Å². The van der Waals surface area contributed by atoms with E-state index >= 15 is 0 Å². The summed E-state index contributed by atoms with van der Waals surface area (Å²) in [6, 6.07) is 7.72. The van der Waals surface area contributed by atoms with Crippen LogP contribution in [0.2, 0.25) is 0 Å². The first-order valence-electron chi connectivity index (χ1n) is 9.83. The van der Waals surface area contributed by atoms with Gasteiger partial charge in [-0.05, 0) is 43.2 Å². The Labute approximate surface area is 182 Å². The Hall–Kier alpha value is -3.67. The molecule has 0 saturated heterocycles. The molecule has 0 saturated carbocycles. The second kappa shape index (κ2) is 9.43. The summed E-state index contributed by atoms with van der Waals surface area (Å²) < 4.78 is 22.4. The van der Waals surface area contributed by atoms with Crippen LogP contribution in [-0.2, 0) is 4.79 Å². The molecule has 2 aromatic carbocycles. The maximum absolute atomic E-state index is 12.2. The number of benzene rings is 2. The van der Waals surface area contributed by atoms with Crippen LogP contribution in [0.15, 0.2) is 53.7 Å². The van der Waals surface area contributed by atoms with Gasteiger partial charge in [0.25, 0.3) is 0 Å². The molecule has 162 valence electrons. The van der Waals surface area contributed by atoms with Crippen molar-refractivity contribution in [3.63, 3.8) is 0 Å². The van der Waals surface area contributed by atoms with Crippen molar-refractivity contribution in [1.82, 2.24) is 5.32 Å². The van der Waals surface area contributed by atoms with Crippen LogP contribution in [0.25, 0.3) is 27.7 Å². The number of nitrogens with one attached hydrogen (secondary N) is 1. The van der Waals surface area contributed by atoms with Crippen LogP contribution in [0.1, 0.15) is 18.1 Å². The molecular weight excluding hydrogens is 394 g/mol. The molecule has 0 aliphatic carbocycles. The zero-order valence-corrected chi connectivity index (χ0v) is 18.5. The predicted octanol–water partition coefficient (Wildman–Crippen LogP) is 5.14. The van der Waals surface area contributed by atoms with Crippen molar-refractivity contribution < 1.29 is 23.4 Å².